The van der Waals surface area contributed by atoms with Crippen molar-refractivity contribution in [1.29, 1.82) is 0 Å². The fourth-order valence-electron chi connectivity index (χ4n) is 3.03. The van der Waals surface area contributed by atoms with Crippen molar-refractivity contribution in [2.45, 2.75) is 33.2 Å². The largest absolute Gasteiger partial charge is 0.378 e. The number of aromatic nitrogens is 3. The summed E-state index contributed by atoms with van der Waals surface area (Å²) >= 11 is 0. The Bertz CT molecular complexity index is 714. The fraction of sp³-hybridized carbons (Fsp3) is 0.526. The van der Waals surface area contributed by atoms with E-state index in [-0.39, 0.29) is 11.5 Å². The number of morpholine rings is 1. The molecule has 1 unspecified atom stereocenters. The van der Waals surface area contributed by atoms with Crippen LogP contribution in [0.25, 0.3) is 0 Å². The first-order valence-corrected chi connectivity index (χ1v) is 8.94. The highest BCUT2D eigenvalue weighted by Crippen LogP contribution is 2.31. The van der Waals surface area contributed by atoms with Crippen LogP contribution >= 0.6 is 0 Å². The average Bonchev–Trinajstić information content (AvgIpc) is 2.63. The number of rotatable bonds is 5. The molecule has 3 rings (SSSR count). The normalized spacial score (nSPS) is 16.4. The van der Waals surface area contributed by atoms with Gasteiger partial charge >= 0.3 is 0 Å². The van der Waals surface area contributed by atoms with Crippen molar-refractivity contribution in [3.05, 3.63) is 42.1 Å². The van der Waals surface area contributed by atoms with Gasteiger partial charge in [-0.15, -0.1) is 0 Å². The number of hydrogen-bond donors (Lipinski definition) is 1. The Kier molecular flexibility index (Phi) is 5.66. The van der Waals surface area contributed by atoms with Gasteiger partial charge in [-0.25, -0.2) is 9.37 Å². The van der Waals surface area contributed by atoms with Crippen LogP contribution in [0.3, 0.4) is 0 Å². The summed E-state index contributed by atoms with van der Waals surface area (Å²) in [6, 6.07) is 3.94. The highest BCUT2D eigenvalue weighted by molar-refractivity contribution is 5.45. The lowest BCUT2D eigenvalue weighted by Gasteiger charge is -2.29. The molecule has 0 spiro atoms. The quantitative estimate of drug-likeness (QED) is 0.882. The smallest absolute Gasteiger partial charge is 0.225 e. The van der Waals surface area contributed by atoms with E-state index in [4.69, 9.17) is 4.74 Å². The first-order valence-electron chi connectivity index (χ1n) is 8.94. The molecule has 0 bridgehead atoms. The number of pyridine rings is 1. The van der Waals surface area contributed by atoms with Crippen molar-refractivity contribution in [1.82, 2.24) is 15.0 Å². The standard InChI is InChI=1S/C19H26FN5O/c1-19(2,3)11-16(14-5-4-6-21-12-14)23-18-22-13-15(20)17(24-18)25-7-9-26-10-8-25/h4-6,12-13,16H,7-11H2,1-3H3,(H,22,23,24). The van der Waals surface area contributed by atoms with Crippen LogP contribution in [0, 0.1) is 11.2 Å². The second kappa shape index (κ2) is 7.95. The summed E-state index contributed by atoms with van der Waals surface area (Å²) < 4.78 is 19.6. The third-order valence-electron chi connectivity index (χ3n) is 4.24. The van der Waals surface area contributed by atoms with Crippen LogP contribution in [0.4, 0.5) is 16.2 Å². The molecule has 6 nitrogen and oxygen atoms in total. The predicted molar refractivity (Wildman–Crippen MR) is 99.7 cm³/mol. The minimum absolute atomic E-state index is 0.00768. The fourth-order valence-corrected chi connectivity index (χ4v) is 3.03. The van der Waals surface area contributed by atoms with E-state index in [0.717, 1.165) is 12.0 Å². The molecule has 1 aliphatic heterocycles. The number of halogens is 1. The molecule has 0 radical (unpaired) electrons. The lowest BCUT2D eigenvalue weighted by molar-refractivity contribution is 0.122. The zero-order chi connectivity index (χ0) is 18.6. The Labute approximate surface area is 153 Å². The Morgan fingerprint density at radius 1 is 1.27 bits per heavy atom. The second-order valence-corrected chi connectivity index (χ2v) is 7.71. The van der Waals surface area contributed by atoms with Gasteiger partial charge in [0, 0.05) is 25.5 Å². The maximum Gasteiger partial charge on any atom is 0.225 e. The van der Waals surface area contributed by atoms with Gasteiger partial charge in [0.1, 0.15) is 0 Å². The van der Waals surface area contributed by atoms with Gasteiger partial charge in [0.15, 0.2) is 11.6 Å². The molecule has 1 atom stereocenters. The molecule has 1 N–H and O–H groups in total. The van der Waals surface area contributed by atoms with Crippen LogP contribution < -0.4 is 10.2 Å². The van der Waals surface area contributed by atoms with Gasteiger partial charge in [0.2, 0.25) is 5.95 Å². The van der Waals surface area contributed by atoms with E-state index in [1.165, 1.54) is 6.20 Å². The minimum Gasteiger partial charge on any atom is -0.378 e. The van der Waals surface area contributed by atoms with E-state index < -0.39 is 5.82 Å². The topological polar surface area (TPSA) is 63.2 Å². The molecule has 140 valence electrons. The lowest BCUT2D eigenvalue weighted by Crippen LogP contribution is -2.37. The lowest BCUT2D eigenvalue weighted by atomic mass is 9.86. The summed E-state index contributed by atoms with van der Waals surface area (Å²) in [5, 5.41) is 3.37. The summed E-state index contributed by atoms with van der Waals surface area (Å²) in [5.41, 5.74) is 1.16. The first-order chi connectivity index (χ1) is 12.4. The van der Waals surface area contributed by atoms with Gasteiger partial charge in [-0.3, -0.25) is 4.98 Å². The minimum atomic E-state index is -0.411. The second-order valence-electron chi connectivity index (χ2n) is 7.71. The van der Waals surface area contributed by atoms with E-state index in [1.807, 2.05) is 23.2 Å². The van der Waals surface area contributed by atoms with Gasteiger partial charge in [-0.1, -0.05) is 26.8 Å². The Morgan fingerprint density at radius 3 is 2.69 bits per heavy atom. The molecule has 0 aromatic carbocycles. The molecule has 0 aliphatic carbocycles. The Balaban J connectivity index is 1.84. The number of ether oxygens (including phenoxy) is 1. The number of anilines is 2. The molecule has 3 heterocycles. The molecule has 1 fully saturated rings. The molecule has 1 saturated heterocycles. The van der Waals surface area contributed by atoms with Gasteiger partial charge in [0.05, 0.1) is 25.5 Å². The van der Waals surface area contributed by atoms with Crippen LogP contribution in [-0.4, -0.2) is 41.3 Å². The van der Waals surface area contributed by atoms with E-state index in [9.17, 15) is 4.39 Å². The number of nitrogens with one attached hydrogen (secondary N) is 1. The third kappa shape index (κ3) is 4.88. The van der Waals surface area contributed by atoms with Crippen LogP contribution in [0.2, 0.25) is 0 Å². The first kappa shape index (κ1) is 18.5. The van der Waals surface area contributed by atoms with Crippen molar-refractivity contribution in [3.63, 3.8) is 0 Å². The van der Waals surface area contributed by atoms with Crippen LogP contribution in [0.15, 0.2) is 30.7 Å². The van der Waals surface area contributed by atoms with Crippen molar-refractivity contribution in [2.75, 3.05) is 36.5 Å². The SMILES string of the molecule is CC(C)(C)CC(Nc1ncc(F)c(N2CCOCC2)n1)c1cccnc1. The maximum atomic E-state index is 14.2. The van der Waals surface area contributed by atoms with Crippen molar-refractivity contribution >= 4 is 11.8 Å². The predicted octanol–water partition coefficient (Wildman–Crippen LogP) is 3.44. The third-order valence-corrected chi connectivity index (χ3v) is 4.24. The van der Waals surface area contributed by atoms with Crippen LogP contribution in [-0.2, 0) is 4.74 Å². The van der Waals surface area contributed by atoms with Gasteiger partial charge < -0.3 is 15.0 Å². The van der Waals surface area contributed by atoms with Crippen molar-refractivity contribution in [2.24, 2.45) is 5.41 Å². The van der Waals surface area contributed by atoms with E-state index in [0.29, 0.717) is 38.1 Å². The summed E-state index contributed by atoms with van der Waals surface area (Å²) in [5.74, 6) is 0.337. The summed E-state index contributed by atoms with van der Waals surface area (Å²) in [6.07, 6.45) is 5.70. The molecule has 1 aliphatic rings. The molecule has 2 aromatic heterocycles. The monoisotopic (exact) mass is 359 g/mol. The molecule has 2 aromatic rings. The van der Waals surface area contributed by atoms with E-state index in [2.05, 4.69) is 41.0 Å². The maximum absolute atomic E-state index is 14.2. The molecule has 0 saturated carbocycles. The molecular weight excluding hydrogens is 333 g/mol. The Morgan fingerprint density at radius 2 is 2.04 bits per heavy atom. The highest BCUT2D eigenvalue weighted by Gasteiger charge is 2.23. The van der Waals surface area contributed by atoms with Gasteiger partial charge in [0.25, 0.3) is 0 Å². The highest BCUT2D eigenvalue weighted by atomic mass is 19.1. The number of hydrogen-bond acceptors (Lipinski definition) is 6. The van der Waals surface area contributed by atoms with Crippen molar-refractivity contribution < 1.29 is 9.13 Å². The molecular formula is C19H26FN5O. The van der Waals surface area contributed by atoms with Gasteiger partial charge in [-0.05, 0) is 23.5 Å². The molecule has 26 heavy (non-hydrogen) atoms. The summed E-state index contributed by atoms with van der Waals surface area (Å²) in [7, 11) is 0. The Hall–Kier alpha value is -2.28. The average molecular weight is 359 g/mol. The number of nitrogens with zero attached hydrogens (tertiary/aromatic N) is 4. The molecule has 0 amide bonds. The van der Waals surface area contributed by atoms with Crippen LogP contribution in [0.1, 0.15) is 38.8 Å². The zero-order valence-electron chi connectivity index (χ0n) is 15.6. The van der Waals surface area contributed by atoms with Gasteiger partial charge in [-0.2, -0.15) is 4.98 Å². The molecule has 7 heteroatoms. The summed E-state index contributed by atoms with van der Waals surface area (Å²) in [6.45, 7) is 8.96. The summed E-state index contributed by atoms with van der Waals surface area (Å²) in [4.78, 5) is 14.7. The van der Waals surface area contributed by atoms with Crippen LogP contribution in [0.5, 0.6) is 0 Å². The zero-order valence-corrected chi connectivity index (χ0v) is 15.6. The van der Waals surface area contributed by atoms with E-state index >= 15 is 0 Å². The van der Waals surface area contributed by atoms with Crippen molar-refractivity contribution in [3.8, 4) is 0 Å². The van der Waals surface area contributed by atoms with E-state index in [1.54, 1.807) is 6.20 Å².